The van der Waals surface area contributed by atoms with E-state index >= 15 is 0 Å². The number of rotatable bonds is 7. The van der Waals surface area contributed by atoms with Crippen LogP contribution in [0.1, 0.15) is 37.6 Å². The molecule has 7 nitrogen and oxygen atoms in total. The first-order chi connectivity index (χ1) is 15.7. The van der Waals surface area contributed by atoms with E-state index in [2.05, 4.69) is 15.3 Å². The quantitative estimate of drug-likeness (QED) is 0.537. The monoisotopic (exact) mass is 447 g/mol. The van der Waals surface area contributed by atoms with Crippen LogP contribution in [-0.4, -0.2) is 40.8 Å². The molecule has 0 bridgehead atoms. The molecule has 1 amide bonds. The van der Waals surface area contributed by atoms with E-state index in [9.17, 15) is 9.59 Å². The number of amides is 1. The Morgan fingerprint density at radius 2 is 1.85 bits per heavy atom. The van der Waals surface area contributed by atoms with Gasteiger partial charge in [0.2, 0.25) is 0 Å². The van der Waals surface area contributed by atoms with Crippen LogP contribution >= 0.6 is 0 Å². The van der Waals surface area contributed by atoms with Crippen LogP contribution < -0.4 is 5.32 Å². The molecule has 0 spiro atoms. The van der Waals surface area contributed by atoms with Gasteiger partial charge in [-0.2, -0.15) is 0 Å². The molecule has 0 saturated carbocycles. The molecule has 0 aliphatic rings. The van der Waals surface area contributed by atoms with E-state index in [1.165, 1.54) is 7.11 Å². The van der Waals surface area contributed by atoms with Gasteiger partial charge in [-0.1, -0.05) is 36.4 Å². The van der Waals surface area contributed by atoms with Crippen molar-refractivity contribution in [2.75, 3.05) is 7.11 Å². The van der Waals surface area contributed by atoms with Crippen LogP contribution in [0.25, 0.3) is 17.1 Å². The molecule has 1 aromatic carbocycles. The fourth-order valence-corrected chi connectivity index (χ4v) is 3.21. The third-order valence-corrected chi connectivity index (χ3v) is 4.76. The molecule has 7 heteroatoms. The largest absolute Gasteiger partial charge is 0.467 e. The number of allylic oxidation sites excluding steroid dienone is 1. The Balaban J connectivity index is 1.60. The van der Waals surface area contributed by atoms with E-state index in [0.717, 1.165) is 27.9 Å². The summed E-state index contributed by atoms with van der Waals surface area (Å²) in [5, 5.41) is 3.61. The van der Waals surface area contributed by atoms with Gasteiger partial charge >= 0.3 is 12.1 Å². The standard InChI is InChI=1S/C26H29N3O4/c1-26(2,3)33-25(31)29-22(24(30)32-4)17-19-12-10-18(11-13-19)7-5-9-21-15-14-20-8-6-16-27-23(20)28-21/h5-8,10-16,22H,9,17H2,1-4H3,(H,29,31)/b7-5+/t22-/m0/s1. The molecular weight excluding hydrogens is 418 g/mol. The van der Waals surface area contributed by atoms with Crippen LogP contribution in [0, 0.1) is 0 Å². The summed E-state index contributed by atoms with van der Waals surface area (Å²) in [6.45, 7) is 5.29. The summed E-state index contributed by atoms with van der Waals surface area (Å²) in [5.41, 5.74) is 2.95. The number of alkyl carbamates (subject to hydrolysis) is 1. The summed E-state index contributed by atoms with van der Waals surface area (Å²) in [4.78, 5) is 33.1. The van der Waals surface area contributed by atoms with E-state index in [1.807, 2.05) is 60.7 Å². The van der Waals surface area contributed by atoms with Crippen LogP contribution in [0.3, 0.4) is 0 Å². The predicted molar refractivity (Wildman–Crippen MR) is 128 cm³/mol. The van der Waals surface area contributed by atoms with Gasteiger partial charge in [0, 0.05) is 30.1 Å². The number of nitrogens with one attached hydrogen (secondary N) is 1. The number of hydrogen-bond acceptors (Lipinski definition) is 6. The van der Waals surface area contributed by atoms with Crippen molar-refractivity contribution in [3.63, 3.8) is 0 Å². The van der Waals surface area contributed by atoms with E-state index in [0.29, 0.717) is 12.8 Å². The summed E-state index contributed by atoms with van der Waals surface area (Å²) >= 11 is 0. The first-order valence-electron chi connectivity index (χ1n) is 10.8. The van der Waals surface area contributed by atoms with E-state index < -0.39 is 23.7 Å². The zero-order valence-corrected chi connectivity index (χ0v) is 19.4. The van der Waals surface area contributed by atoms with Gasteiger partial charge in [-0.15, -0.1) is 0 Å². The van der Waals surface area contributed by atoms with Gasteiger partial charge in [0.15, 0.2) is 5.65 Å². The highest BCUT2D eigenvalue weighted by molar-refractivity contribution is 5.81. The zero-order chi connectivity index (χ0) is 23.8. The van der Waals surface area contributed by atoms with Gasteiger partial charge < -0.3 is 14.8 Å². The molecule has 3 rings (SSSR count). The molecule has 0 saturated heterocycles. The lowest BCUT2D eigenvalue weighted by Crippen LogP contribution is -2.45. The molecular formula is C26H29N3O4. The summed E-state index contributed by atoms with van der Waals surface area (Å²) in [6, 6.07) is 14.8. The minimum atomic E-state index is -0.834. The highest BCUT2D eigenvalue weighted by atomic mass is 16.6. The number of carbonyl (C=O) groups excluding carboxylic acids is 2. The van der Waals surface area contributed by atoms with Crippen molar-refractivity contribution >= 4 is 29.2 Å². The maximum Gasteiger partial charge on any atom is 0.408 e. The summed E-state index contributed by atoms with van der Waals surface area (Å²) < 4.78 is 10.1. The van der Waals surface area contributed by atoms with Crippen molar-refractivity contribution in [2.24, 2.45) is 0 Å². The molecule has 0 fully saturated rings. The second kappa shape index (κ2) is 10.7. The Labute approximate surface area is 193 Å². The van der Waals surface area contributed by atoms with Crippen molar-refractivity contribution in [1.29, 1.82) is 0 Å². The predicted octanol–water partition coefficient (Wildman–Crippen LogP) is 4.49. The van der Waals surface area contributed by atoms with E-state index in [-0.39, 0.29) is 0 Å². The van der Waals surface area contributed by atoms with Crippen LogP contribution in [0.15, 0.2) is 60.8 Å². The first-order valence-corrected chi connectivity index (χ1v) is 10.8. The number of fused-ring (bicyclic) bond motifs is 1. The van der Waals surface area contributed by atoms with E-state index in [4.69, 9.17) is 9.47 Å². The lowest BCUT2D eigenvalue weighted by atomic mass is 10.0. The normalized spacial score (nSPS) is 12.5. The van der Waals surface area contributed by atoms with Gasteiger partial charge in [-0.25, -0.2) is 19.6 Å². The number of pyridine rings is 2. The molecule has 0 aliphatic carbocycles. The topological polar surface area (TPSA) is 90.4 Å². The molecule has 1 N–H and O–H groups in total. The first kappa shape index (κ1) is 23.9. The molecule has 33 heavy (non-hydrogen) atoms. The number of ether oxygens (including phenoxy) is 2. The fourth-order valence-electron chi connectivity index (χ4n) is 3.21. The molecule has 2 aromatic heterocycles. The summed E-state index contributed by atoms with van der Waals surface area (Å²) in [5.74, 6) is -0.526. The summed E-state index contributed by atoms with van der Waals surface area (Å²) in [7, 11) is 1.29. The molecule has 0 unspecified atom stereocenters. The van der Waals surface area contributed by atoms with Crippen LogP contribution in [0.4, 0.5) is 4.79 Å². The van der Waals surface area contributed by atoms with Crippen molar-refractivity contribution in [2.45, 2.75) is 45.3 Å². The highest BCUT2D eigenvalue weighted by Crippen LogP contribution is 2.13. The number of benzene rings is 1. The molecule has 0 aliphatic heterocycles. The SMILES string of the molecule is COC(=O)[C@H](Cc1ccc(/C=C/Cc2ccc3cccnc3n2)cc1)NC(=O)OC(C)(C)C. The third-order valence-electron chi connectivity index (χ3n) is 4.76. The Morgan fingerprint density at radius 1 is 1.09 bits per heavy atom. The van der Waals surface area contributed by atoms with Crippen molar-refractivity contribution in [3.05, 3.63) is 77.6 Å². The van der Waals surface area contributed by atoms with Crippen LogP contribution in [0.2, 0.25) is 0 Å². The number of esters is 1. The number of carbonyl (C=O) groups is 2. The van der Waals surface area contributed by atoms with Gasteiger partial charge in [-0.3, -0.25) is 0 Å². The smallest absolute Gasteiger partial charge is 0.408 e. The molecule has 2 heterocycles. The van der Waals surface area contributed by atoms with Crippen molar-refractivity contribution in [3.8, 4) is 0 Å². The number of aromatic nitrogens is 2. The number of nitrogens with zero attached hydrogens (tertiary/aromatic N) is 2. The van der Waals surface area contributed by atoms with Crippen LogP contribution in [-0.2, 0) is 27.1 Å². The van der Waals surface area contributed by atoms with Gasteiger partial charge in [0.1, 0.15) is 11.6 Å². The highest BCUT2D eigenvalue weighted by Gasteiger charge is 2.25. The molecule has 0 radical (unpaired) electrons. The van der Waals surface area contributed by atoms with Gasteiger partial charge in [0.25, 0.3) is 0 Å². The average molecular weight is 448 g/mol. The Hall–Kier alpha value is -3.74. The molecule has 172 valence electrons. The Bertz CT molecular complexity index is 1130. The fraction of sp³-hybridized carbons (Fsp3) is 0.308. The number of hydrogen-bond donors (Lipinski definition) is 1. The minimum Gasteiger partial charge on any atom is -0.467 e. The van der Waals surface area contributed by atoms with Crippen molar-refractivity contribution in [1.82, 2.24) is 15.3 Å². The van der Waals surface area contributed by atoms with Gasteiger partial charge in [-0.05, 0) is 56.2 Å². The van der Waals surface area contributed by atoms with E-state index in [1.54, 1.807) is 27.0 Å². The lowest BCUT2D eigenvalue weighted by molar-refractivity contribution is -0.143. The lowest BCUT2D eigenvalue weighted by Gasteiger charge is -2.22. The Morgan fingerprint density at radius 3 is 2.55 bits per heavy atom. The minimum absolute atomic E-state index is 0.296. The third kappa shape index (κ3) is 7.42. The maximum atomic E-state index is 12.1. The average Bonchev–Trinajstić information content (AvgIpc) is 2.78. The van der Waals surface area contributed by atoms with Gasteiger partial charge in [0.05, 0.1) is 7.11 Å². The molecule has 3 aromatic rings. The van der Waals surface area contributed by atoms with Crippen LogP contribution in [0.5, 0.6) is 0 Å². The van der Waals surface area contributed by atoms with Crippen molar-refractivity contribution < 1.29 is 19.1 Å². The zero-order valence-electron chi connectivity index (χ0n) is 19.4. The number of methoxy groups -OCH3 is 1. The maximum absolute atomic E-state index is 12.1. The molecule has 1 atom stereocenters. The Kier molecular flexibility index (Phi) is 7.77. The summed E-state index contributed by atoms with van der Waals surface area (Å²) in [6.07, 6.45) is 6.14. The second-order valence-corrected chi connectivity index (χ2v) is 8.63. The second-order valence-electron chi connectivity index (χ2n) is 8.63.